The second-order valence-electron chi connectivity index (χ2n) is 2.31. The van der Waals surface area contributed by atoms with E-state index in [-0.39, 0.29) is 5.75 Å². The highest BCUT2D eigenvalue weighted by Crippen LogP contribution is 2.02. The van der Waals surface area contributed by atoms with Gasteiger partial charge in [0.05, 0.1) is 6.10 Å². The van der Waals surface area contributed by atoms with Crippen LogP contribution in [0.1, 0.15) is 0 Å². The van der Waals surface area contributed by atoms with Crippen LogP contribution < -0.4 is 0 Å². The van der Waals surface area contributed by atoms with Gasteiger partial charge in [0.15, 0.2) is 5.78 Å². The van der Waals surface area contributed by atoms with Crippen molar-refractivity contribution in [1.82, 2.24) is 0 Å². The molecular formula is C6H12O5S. The Hall–Kier alpha value is -0.140. The van der Waals surface area contributed by atoms with Crippen molar-refractivity contribution in [2.75, 3.05) is 12.4 Å². The van der Waals surface area contributed by atoms with E-state index in [0.717, 1.165) is 0 Å². The van der Waals surface area contributed by atoms with E-state index in [1.165, 1.54) is 0 Å². The minimum atomic E-state index is -1.75. The number of thiol groups is 1. The maximum Gasteiger partial charge on any atom is 0.189 e. The number of Topliss-reactive ketones (excluding diaryl/α,β-unsaturated/α-hetero) is 1. The molecule has 72 valence electrons. The highest BCUT2D eigenvalue weighted by Gasteiger charge is 2.28. The largest absolute Gasteiger partial charge is 0.389 e. The average molecular weight is 196 g/mol. The van der Waals surface area contributed by atoms with Crippen molar-refractivity contribution in [2.45, 2.75) is 18.3 Å². The predicted molar refractivity (Wildman–Crippen MR) is 44.0 cm³/mol. The third-order valence-electron chi connectivity index (χ3n) is 1.39. The molecule has 3 atom stereocenters. The molecule has 0 aliphatic heterocycles. The van der Waals surface area contributed by atoms with Gasteiger partial charge in [0.2, 0.25) is 0 Å². The molecular weight excluding hydrogens is 184 g/mol. The summed E-state index contributed by atoms with van der Waals surface area (Å²) in [5.74, 6) is -1.000. The van der Waals surface area contributed by atoms with Crippen LogP contribution in [0.25, 0.3) is 0 Å². The standard InChI is InChI=1S/C6H12O5S/c7-1-3(8)5(10)6(11)4(9)2-12/h4-7,9-12H,1-2H2/t4-,5-,6-/m0/s1. The molecule has 0 aromatic carbocycles. The molecule has 0 aliphatic rings. The summed E-state index contributed by atoms with van der Waals surface area (Å²) in [5.41, 5.74) is 0. The molecule has 0 fully saturated rings. The summed E-state index contributed by atoms with van der Waals surface area (Å²) in [6.45, 7) is -0.864. The van der Waals surface area contributed by atoms with Crippen LogP contribution >= 0.6 is 12.6 Å². The summed E-state index contributed by atoms with van der Waals surface area (Å²) >= 11 is 3.65. The summed E-state index contributed by atoms with van der Waals surface area (Å²) in [5, 5.41) is 35.1. The smallest absolute Gasteiger partial charge is 0.189 e. The van der Waals surface area contributed by atoms with Crippen LogP contribution in [-0.2, 0) is 4.79 Å². The molecule has 0 saturated heterocycles. The minimum Gasteiger partial charge on any atom is -0.389 e. The minimum absolute atomic E-state index is 0.0725. The first-order chi connectivity index (χ1) is 5.54. The zero-order chi connectivity index (χ0) is 9.72. The van der Waals surface area contributed by atoms with Gasteiger partial charge >= 0.3 is 0 Å². The Morgan fingerprint density at radius 3 is 2.17 bits per heavy atom. The monoisotopic (exact) mass is 196 g/mol. The molecule has 0 unspecified atom stereocenters. The Bertz CT molecular complexity index is 151. The first-order valence-electron chi connectivity index (χ1n) is 3.33. The molecule has 6 heteroatoms. The van der Waals surface area contributed by atoms with E-state index in [9.17, 15) is 4.79 Å². The number of rotatable bonds is 5. The first kappa shape index (κ1) is 11.9. The van der Waals surface area contributed by atoms with E-state index >= 15 is 0 Å². The fraction of sp³-hybridized carbons (Fsp3) is 0.833. The van der Waals surface area contributed by atoms with Crippen LogP contribution in [0.2, 0.25) is 0 Å². The van der Waals surface area contributed by atoms with E-state index in [1.54, 1.807) is 0 Å². The maximum atomic E-state index is 10.6. The summed E-state index contributed by atoms with van der Waals surface area (Å²) < 4.78 is 0. The molecule has 4 N–H and O–H groups in total. The van der Waals surface area contributed by atoms with E-state index in [4.69, 9.17) is 20.4 Å². The average Bonchev–Trinajstić information content (AvgIpc) is 2.12. The Kier molecular flexibility index (Phi) is 5.43. The predicted octanol–water partition coefficient (Wildman–Crippen LogP) is -2.44. The molecule has 0 heterocycles. The van der Waals surface area contributed by atoms with Crippen LogP contribution in [0, 0.1) is 0 Å². The van der Waals surface area contributed by atoms with Crippen LogP contribution in [0.4, 0.5) is 0 Å². The van der Waals surface area contributed by atoms with Crippen molar-refractivity contribution in [3.05, 3.63) is 0 Å². The summed E-state index contributed by atoms with van der Waals surface area (Å²) in [7, 11) is 0. The topological polar surface area (TPSA) is 98.0 Å². The maximum absolute atomic E-state index is 10.6. The van der Waals surface area contributed by atoms with Gasteiger partial charge < -0.3 is 20.4 Å². The van der Waals surface area contributed by atoms with Crippen LogP contribution in [0.15, 0.2) is 0 Å². The van der Waals surface area contributed by atoms with Gasteiger partial charge in [-0.3, -0.25) is 4.79 Å². The van der Waals surface area contributed by atoms with Gasteiger partial charge in [-0.1, -0.05) is 0 Å². The fourth-order valence-corrected chi connectivity index (χ4v) is 0.818. The van der Waals surface area contributed by atoms with Crippen molar-refractivity contribution < 1.29 is 25.2 Å². The lowest BCUT2D eigenvalue weighted by Crippen LogP contribution is -2.44. The molecule has 12 heavy (non-hydrogen) atoms. The molecule has 5 nitrogen and oxygen atoms in total. The zero-order valence-electron chi connectivity index (χ0n) is 6.29. The van der Waals surface area contributed by atoms with Gasteiger partial charge in [0.1, 0.15) is 18.8 Å². The van der Waals surface area contributed by atoms with E-state index < -0.39 is 30.7 Å². The van der Waals surface area contributed by atoms with E-state index in [0.29, 0.717) is 0 Å². The van der Waals surface area contributed by atoms with Crippen LogP contribution in [-0.4, -0.2) is 56.9 Å². The lowest BCUT2D eigenvalue weighted by molar-refractivity contribution is -0.140. The number of aliphatic hydroxyl groups is 4. The number of ketones is 1. The molecule has 0 saturated carbocycles. The second kappa shape index (κ2) is 5.50. The number of hydrogen-bond donors (Lipinski definition) is 5. The number of carbonyl (C=O) groups excluding carboxylic acids is 1. The van der Waals surface area contributed by atoms with Crippen LogP contribution in [0.3, 0.4) is 0 Å². The van der Waals surface area contributed by atoms with Gasteiger partial charge in [-0.25, -0.2) is 0 Å². The van der Waals surface area contributed by atoms with Gasteiger partial charge in [-0.2, -0.15) is 12.6 Å². The Morgan fingerprint density at radius 2 is 1.83 bits per heavy atom. The first-order valence-corrected chi connectivity index (χ1v) is 3.96. The molecule has 0 aromatic heterocycles. The molecule has 0 aromatic rings. The quantitative estimate of drug-likeness (QED) is 0.315. The number of aliphatic hydroxyl groups excluding tert-OH is 4. The van der Waals surface area contributed by atoms with Crippen molar-refractivity contribution in [1.29, 1.82) is 0 Å². The van der Waals surface area contributed by atoms with Crippen molar-refractivity contribution in [2.24, 2.45) is 0 Å². The molecule has 0 spiro atoms. The fourth-order valence-electron chi connectivity index (χ4n) is 0.602. The SMILES string of the molecule is O=C(CO)[C@H](O)[C@@H](O)[C@@H](O)CS. The third kappa shape index (κ3) is 3.08. The molecule has 0 radical (unpaired) electrons. The van der Waals surface area contributed by atoms with E-state index in [1.807, 2.05) is 0 Å². The van der Waals surface area contributed by atoms with Crippen molar-refractivity contribution in [3.8, 4) is 0 Å². The number of carbonyl (C=O) groups is 1. The Balaban J connectivity index is 4.08. The molecule has 0 amide bonds. The van der Waals surface area contributed by atoms with Gasteiger partial charge in [0, 0.05) is 5.75 Å². The summed E-state index contributed by atoms with van der Waals surface area (Å²) in [4.78, 5) is 10.6. The van der Waals surface area contributed by atoms with Crippen LogP contribution in [0.5, 0.6) is 0 Å². The molecule has 0 rings (SSSR count). The zero-order valence-corrected chi connectivity index (χ0v) is 7.19. The van der Waals surface area contributed by atoms with Gasteiger partial charge in [-0.15, -0.1) is 0 Å². The van der Waals surface area contributed by atoms with Gasteiger partial charge in [0.25, 0.3) is 0 Å². The number of hydrogen-bond acceptors (Lipinski definition) is 6. The second-order valence-corrected chi connectivity index (χ2v) is 2.67. The van der Waals surface area contributed by atoms with E-state index in [2.05, 4.69) is 12.6 Å². The third-order valence-corrected chi connectivity index (χ3v) is 1.76. The van der Waals surface area contributed by atoms with Gasteiger partial charge in [-0.05, 0) is 0 Å². The van der Waals surface area contributed by atoms with Crippen molar-refractivity contribution >= 4 is 18.4 Å². The summed E-state index contributed by atoms with van der Waals surface area (Å²) in [6, 6.07) is 0. The lowest BCUT2D eigenvalue weighted by Gasteiger charge is -2.19. The normalized spacial score (nSPS) is 18.4. The Labute approximate surface area is 75.1 Å². The highest BCUT2D eigenvalue weighted by molar-refractivity contribution is 7.80. The Morgan fingerprint density at radius 1 is 1.33 bits per heavy atom. The summed E-state index contributed by atoms with van der Waals surface area (Å²) in [6.07, 6.45) is -4.63. The lowest BCUT2D eigenvalue weighted by atomic mass is 10.1. The molecule has 0 bridgehead atoms. The van der Waals surface area contributed by atoms with Crippen molar-refractivity contribution in [3.63, 3.8) is 0 Å². The highest BCUT2D eigenvalue weighted by atomic mass is 32.1. The molecule has 0 aliphatic carbocycles.